The Morgan fingerprint density at radius 3 is 2.31 bits per heavy atom. The number of carboxylic acid groups (broad SMARTS) is 1. The van der Waals surface area contributed by atoms with Crippen molar-refractivity contribution in [2.24, 2.45) is 0 Å². The molecule has 0 bridgehead atoms. The van der Waals surface area contributed by atoms with Crippen LogP contribution in [0.15, 0.2) is 16.7 Å². The molecule has 9 heteroatoms. The molecule has 8 nitrogen and oxygen atoms in total. The maximum Gasteiger partial charge on any atom is 0.506 e. The molecule has 0 saturated carbocycles. The molecule has 152 valence electrons. The predicted molar refractivity (Wildman–Crippen MR) is 108 cm³/mol. The number of pyridine rings is 1. The highest BCUT2D eigenvalue weighted by Crippen LogP contribution is 2.21. The minimum atomic E-state index is -1.22. The Morgan fingerprint density at radius 2 is 2.00 bits per heavy atom. The zero-order valence-corrected chi connectivity index (χ0v) is 17.1. The van der Waals surface area contributed by atoms with Crippen molar-refractivity contribution in [2.75, 3.05) is 18.2 Å². The summed E-state index contributed by atoms with van der Waals surface area (Å²) in [6, 6.07) is 2.35. The van der Waals surface area contributed by atoms with Crippen LogP contribution in [0, 0.1) is 0 Å². The van der Waals surface area contributed by atoms with Crippen molar-refractivity contribution in [1.29, 1.82) is 0 Å². The average molecular weight is 438 g/mol. The molecule has 0 aromatic carbocycles. The summed E-state index contributed by atoms with van der Waals surface area (Å²) in [6.07, 6.45) is 1.53. The molecular weight excluding hydrogens is 406 g/mol. The molecule has 1 atom stereocenters. The molecular formula is C17H32BrN3O5. The highest BCUT2D eigenvalue weighted by molar-refractivity contribution is 9.10. The van der Waals surface area contributed by atoms with Gasteiger partial charge in [-0.25, -0.2) is 9.78 Å². The fourth-order valence-corrected chi connectivity index (χ4v) is 1.53. The summed E-state index contributed by atoms with van der Waals surface area (Å²) in [4.78, 5) is 22.8. The van der Waals surface area contributed by atoms with E-state index in [1.807, 2.05) is 6.07 Å². The summed E-state index contributed by atoms with van der Waals surface area (Å²) >= 11 is 3.35. The summed E-state index contributed by atoms with van der Waals surface area (Å²) in [6.45, 7) is 9.66. The van der Waals surface area contributed by atoms with E-state index in [1.165, 1.54) is 7.11 Å². The first-order chi connectivity index (χ1) is 11.5. The zero-order valence-electron chi connectivity index (χ0n) is 15.5. The minimum Gasteiger partial charge on any atom is -0.471 e. The van der Waals surface area contributed by atoms with Crippen molar-refractivity contribution >= 4 is 40.1 Å². The van der Waals surface area contributed by atoms with Crippen molar-refractivity contribution in [1.82, 2.24) is 4.98 Å². The summed E-state index contributed by atoms with van der Waals surface area (Å²) < 4.78 is 9.15. The molecule has 1 unspecified atom stereocenters. The molecule has 4 N–H and O–H groups in total. The van der Waals surface area contributed by atoms with Crippen LogP contribution in [-0.2, 0) is 14.3 Å². The van der Waals surface area contributed by atoms with E-state index < -0.39 is 11.8 Å². The van der Waals surface area contributed by atoms with E-state index in [1.54, 1.807) is 27.0 Å². The molecule has 0 fully saturated rings. The smallest absolute Gasteiger partial charge is 0.471 e. The van der Waals surface area contributed by atoms with Gasteiger partial charge in [-0.15, -0.1) is 0 Å². The number of hydrogen-bond acceptors (Lipinski definition) is 7. The third kappa shape index (κ3) is 18.3. The topological polar surface area (TPSA) is 124 Å². The van der Waals surface area contributed by atoms with Crippen LogP contribution in [0.4, 0.5) is 16.3 Å². The van der Waals surface area contributed by atoms with Crippen molar-refractivity contribution < 1.29 is 24.2 Å². The van der Waals surface area contributed by atoms with Gasteiger partial charge in [0.05, 0.1) is 12.8 Å². The number of methoxy groups -OCH3 is 1. The third-order valence-electron chi connectivity index (χ3n) is 2.39. The number of carbonyl (C=O) groups excluding carboxylic acids is 1. The first kappa shape index (κ1) is 28.8. The summed E-state index contributed by atoms with van der Waals surface area (Å²) in [5, 5.41) is 11.3. The molecule has 0 amide bonds. The van der Waals surface area contributed by atoms with Gasteiger partial charge in [0.25, 0.3) is 6.47 Å². The van der Waals surface area contributed by atoms with Gasteiger partial charge in [0.2, 0.25) is 0 Å². The number of nitrogens with zero attached hydrogens (tertiary/aromatic N) is 1. The van der Waals surface area contributed by atoms with Crippen LogP contribution in [0.5, 0.6) is 0 Å². The van der Waals surface area contributed by atoms with E-state index in [2.05, 4.69) is 49.6 Å². The van der Waals surface area contributed by atoms with Gasteiger partial charge in [0, 0.05) is 16.7 Å². The fraction of sp³-hybridized carbons (Fsp3) is 0.588. The van der Waals surface area contributed by atoms with Gasteiger partial charge in [-0.05, 0) is 56.1 Å². The Hall–Kier alpha value is -2.03. The highest BCUT2D eigenvalue weighted by Gasteiger charge is 2.14. The van der Waals surface area contributed by atoms with Crippen molar-refractivity contribution in [3.63, 3.8) is 0 Å². The second-order valence-electron chi connectivity index (χ2n) is 5.85. The molecule has 0 spiro atoms. The molecule has 0 aliphatic rings. The normalized spacial score (nSPS) is 10.4. The molecule has 0 aliphatic carbocycles. The molecule has 0 saturated heterocycles. The number of nitrogen functional groups attached to an aromatic ring is 1. The number of halogens is 1. The lowest BCUT2D eigenvalue weighted by Crippen LogP contribution is -2.22. The Bertz CT molecular complexity index is 522. The van der Waals surface area contributed by atoms with E-state index in [9.17, 15) is 4.79 Å². The monoisotopic (exact) mass is 437 g/mol. The number of ether oxygens (including phenoxy) is 2. The average Bonchev–Trinajstić information content (AvgIpc) is 2.49. The van der Waals surface area contributed by atoms with Gasteiger partial charge < -0.3 is 25.6 Å². The number of anilines is 2. The Kier molecular flexibility index (Phi) is 16.9. The maximum absolute atomic E-state index is 9.79. The van der Waals surface area contributed by atoms with Crippen LogP contribution in [0.25, 0.3) is 0 Å². The van der Waals surface area contributed by atoms with E-state index in [0.717, 1.165) is 16.6 Å². The number of hydrogen-bond donors (Lipinski definition) is 3. The lowest BCUT2D eigenvalue weighted by atomic mass is 10.2. The van der Waals surface area contributed by atoms with Crippen molar-refractivity contribution in [3.8, 4) is 0 Å². The van der Waals surface area contributed by atoms with Crippen LogP contribution in [0.2, 0.25) is 0 Å². The van der Waals surface area contributed by atoms with Gasteiger partial charge >= 0.3 is 6.16 Å². The van der Waals surface area contributed by atoms with E-state index >= 15 is 0 Å². The van der Waals surface area contributed by atoms with Gasteiger partial charge in [0.15, 0.2) is 0 Å². The quantitative estimate of drug-likeness (QED) is 0.462. The number of rotatable bonds is 4. The SMILES string of the molecule is C.CC(C)(C)OC(=O)O.CCC(C)Nc1cc(Br)cnc1N.COC=O. The van der Waals surface area contributed by atoms with Crippen molar-refractivity contribution in [3.05, 3.63) is 16.7 Å². The first-order valence-electron chi connectivity index (χ1n) is 7.52. The Labute approximate surface area is 164 Å². The zero-order chi connectivity index (χ0) is 20.0. The molecule has 0 radical (unpaired) electrons. The molecule has 1 rings (SSSR count). The largest absolute Gasteiger partial charge is 0.506 e. The minimum absolute atomic E-state index is 0. The number of nitrogens with one attached hydrogen (secondary N) is 1. The maximum atomic E-state index is 9.79. The molecule has 26 heavy (non-hydrogen) atoms. The predicted octanol–water partition coefficient (Wildman–Crippen LogP) is 4.54. The van der Waals surface area contributed by atoms with Crippen LogP contribution >= 0.6 is 15.9 Å². The first-order valence-corrected chi connectivity index (χ1v) is 8.32. The lowest BCUT2D eigenvalue weighted by molar-refractivity contribution is -0.126. The standard InChI is InChI=1S/C9H14BrN3.C5H10O3.C2H4O2.CH4/c1-3-6(2)13-8-4-7(10)5-12-9(8)11;1-5(2,3)8-4(6)7;1-4-2-3;/h4-6,13H,3H2,1-2H3,(H2,11,12);1-3H3,(H,6,7);2H,1H3;1H4. The van der Waals surface area contributed by atoms with Crippen LogP contribution < -0.4 is 11.1 Å². The molecule has 1 aromatic heterocycles. The summed E-state index contributed by atoms with van der Waals surface area (Å²) in [5.41, 5.74) is 6.01. The Balaban J connectivity index is -0.000000351. The number of carbonyl (C=O) groups is 2. The van der Waals surface area contributed by atoms with Gasteiger partial charge in [-0.1, -0.05) is 14.4 Å². The summed E-state index contributed by atoms with van der Waals surface area (Å²) in [5.74, 6) is 0.545. The number of nitrogens with two attached hydrogens (primary N) is 1. The van der Waals surface area contributed by atoms with Crippen LogP contribution in [0.1, 0.15) is 48.5 Å². The molecule has 1 aromatic rings. The Morgan fingerprint density at radius 1 is 1.50 bits per heavy atom. The fourth-order valence-electron chi connectivity index (χ4n) is 1.19. The molecule has 1 heterocycles. The third-order valence-corrected chi connectivity index (χ3v) is 2.82. The lowest BCUT2D eigenvalue weighted by Gasteiger charge is -2.15. The van der Waals surface area contributed by atoms with Gasteiger partial charge in [-0.2, -0.15) is 0 Å². The highest BCUT2D eigenvalue weighted by atomic mass is 79.9. The second-order valence-corrected chi connectivity index (χ2v) is 6.77. The number of aromatic nitrogens is 1. The van der Waals surface area contributed by atoms with Crippen LogP contribution in [-0.4, -0.2) is 41.5 Å². The van der Waals surface area contributed by atoms with E-state index in [-0.39, 0.29) is 7.43 Å². The van der Waals surface area contributed by atoms with Crippen LogP contribution in [0.3, 0.4) is 0 Å². The van der Waals surface area contributed by atoms with E-state index in [0.29, 0.717) is 18.3 Å². The summed E-state index contributed by atoms with van der Waals surface area (Å²) in [7, 11) is 1.31. The van der Waals surface area contributed by atoms with Gasteiger partial charge in [0.1, 0.15) is 11.4 Å². The molecule has 0 aliphatic heterocycles. The van der Waals surface area contributed by atoms with E-state index in [4.69, 9.17) is 15.6 Å². The van der Waals surface area contributed by atoms with Gasteiger partial charge in [-0.3, -0.25) is 4.79 Å². The van der Waals surface area contributed by atoms with Crippen molar-refractivity contribution in [2.45, 2.75) is 60.1 Å². The second kappa shape index (κ2) is 15.2.